The van der Waals surface area contributed by atoms with Gasteiger partial charge in [-0.1, -0.05) is 26.7 Å². The Hall–Kier alpha value is -0.120. The molecule has 0 atom stereocenters. The molecule has 1 saturated heterocycles. The van der Waals surface area contributed by atoms with Crippen LogP contribution < -0.4 is 5.73 Å². The van der Waals surface area contributed by atoms with Gasteiger partial charge in [0.2, 0.25) is 0 Å². The van der Waals surface area contributed by atoms with Crippen LogP contribution in [-0.4, -0.2) is 43.3 Å². The van der Waals surface area contributed by atoms with Crippen molar-refractivity contribution in [2.45, 2.75) is 83.8 Å². The molecule has 1 aliphatic carbocycles. The Morgan fingerprint density at radius 1 is 1.05 bits per heavy atom. The van der Waals surface area contributed by atoms with Gasteiger partial charge in [0.05, 0.1) is 6.10 Å². The molecule has 2 N–H and O–H groups in total. The third-order valence-electron chi connectivity index (χ3n) is 5.37. The highest BCUT2D eigenvalue weighted by molar-refractivity contribution is 4.94. The Balaban J connectivity index is 1.52. The molecular weight excluding hydrogens is 260 g/mol. The number of rotatable bonds is 9. The van der Waals surface area contributed by atoms with Crippen LogP contribution in [0.1, 0.15) is 71.6 Å². The number of hydrogen-bond donors (Lipinski definition) is 1. The van der Waals surface area contributed by atoms with E-state index in [9.17, 15) is 0 Å². The predicted molar refractivity (Wildman–Crippen MR) is 89.5 cm³/mol. The standard InChI is InChI=1S/C18H36N2O/c1-3-10-18(11-4-2)14-20(15-18)12-5-13-21-17-8-6-16(19)7-9-17/h16-17H,3-15,19H2,1-2H3. The zero-order valence-corrected chi connectivity index (χ0v) is 14.3. The molecule has 0 aromatic rings. The second-order valence-corrected chi connectivity index (χ2v) is 7.47. The first-order chi connectivity index (χ1) is 10.2. The molecule has 2 aliphatic rings. The van der Waals surface area contributed by atoms with Crippen LogP contribution in [0.15, 0.2) is 0 Å². The largest absolute Gasteiger partial charge is 0.378 e. The Labute approximate surface area is 131 Å². The minimum Gasteiger partial charge on any atom is -0.378 e. The molecule has 124 valence electrons. The maximum absolute atomic E-state index is 6.02. The highest BCUT2D eigenvalue weighted by Gasteiger charge is 2.40. The zero-order chi connectivity index (χ0) is 15.1. The minimum atomic E-state index is 0.427. The van der Waals surface area contributed by atoms with Crippen LogP contribution in [0, 0.1) is 5.41 Å². The third kappa shape index (κ3) is 5.22. The normalized spacial score (nSPS) is 29.3. The van der Waals surface area contributed by atoms with E-state index < -0.39 is 0 Å². The first-order valence-electron chi connectivity index (χ1n) is 9.27. The van der Waals surface area contributed by atoms with Crippen molar-refractivity contribution in [3.8, 4) is 0 Å². The molecule has 0 aromatic heterocycles. The molecule has 3 nitrogen and oxygen atoms in total. The lowest BCUT2D eigenvalue weighted by molar-refractivity contribution is -0.0273. The van der Waals surface area contributed by atoms with Gasteiger partial charge in [0.25, 0.3) is 0 Å². The average Bonchev–Trinajstić information content (AvgIpc) is 2.43. The van der Waals surface area contributed by atoms with Gasteiger partial charge in [0, 0.05) is 32.3 Å². The van der Waals surface area contributed by atoms with Crippen molar-refractivity contribution in [1.82, 2.24) is 4.90 Å². The van der Waals surface area contributed by atoms with E-state index in [-0.39, 0.29) is 0 Å². The Morgan fingerprint density at radius 2 is 1.67 bits per heavy atom. The maximum atomic E-state index is 6.02. The fourth-order valence-corrected chi connectivity index (χ4v) is 4.36. The van der Waals surface area contributed by atoms with Gasteiger partial charge < -0.3 is 15.4 Å². The maximum Gasteiger partial charge on any atom is 0.0576 e. The summed E-state index contributed by atoms with van der Waals surface area (Å²) >= 11 is 0. The van der Waals surface area contributed by atoms with E-state index in [1.807, 2.05) is 0 Å². The van der Waals surface area contributed by atoms with E-state index in [4.69, 9.17) is 10.5 Å². The van der Waals surface area contributed by atoms with Crippen LogP contribution in [0.5, 0.6) is 0 Å². The highest BCUT2D eigenvalue weighted by atomic mass is 16.5. The fraction of sp³-hybridized carbons (Fsp3) is 1.00. The van der Waals surface area contributed by atoms with E-state index in [2.05, 4.69) is 18.7 Å². The van der Waals surface area contributed by atoms with Crippen LogP contribution in [0.2, 0.25) is 0 Å². The van der Waals surface area contributed by atoms with Crippen molar-refractivity contribution >= 4 is 0 Å². The van der Waals surface area contributed by atoms with Crippen molar-refractivity contribution in [3.05, 3.63) is 0 Å². The lowest BCUT2D eigenvalue weighted by Gasteiger charge is -2.51. The van der Waals surface area contributed by atoms with E-state index >= 15 is 0 Å². The fourth-order valence-electron chi connectivity index (χ4n) is 4.36. The number of nitrogens with two attached hydrogens (primary N) is 1. The predicted octanol–water partition coefficient (Wildman–Crippen LogP) is 3.57. The van der Waals surface area contributed by atoms with Gasteiger partial charge >= 0.3 is 0 Å². The van der Waals surface area contributed by atoms with Gasteiger partial charge in [-0.2, -0.15) is 0 Å². The van der Waals surface area contributed by atoms with E-state index in [1.54, 1.807) is 0 Å². The van der Waals surface area contributed by atoms with E-state index in [0.717, 1.165) is 19.4 Å². The summed E-state index contributed by atoms with van der Waals surface area (Å²) in [5.74, 6) is 0. The van der Waals surface area contributed by atoms with E-state index in [1.165, 1.54) is 64.6 Å². The minimum absolute atomic E-state index is 0.427. The third-order valence-corrected chi connectivity index (χ3v) is 5.37. The van der Waals surface area contributed by atoms with Crippen LogP contribution >= 0.6 is 0 Å². The molecule has 1 saturated carbocycles. The van der Waals surface area contributed by atoms with Gasteiger partial charge in [-0.05, 0) is 50.4 Å². The van der Waals surface area contributed by atoms with Crippen molar-refractivity contribution in [2.24, 2.45) is 11.1 Å². The van der Waals surface area contributed by atoms with Crippen LogP contribution in [0.25, 0.3) is 0 Å². The zero-order valence-electron chi connectivity index (χ0n) is 14.3. The number of ether oxygens (including phenoxy) is 1. The lowest BCUT2D eigenvalue weighted by Crippen LogP contribution is -2.56. The summed E-state index contributed by atoms with van der Waals surface area (Å²) in [4.78, 5) is 2.63. The molecule has 2 rings (SSSR count). The van der Waals surface area contributed by atoms with Crippen LogP contribution in [0.3, 0.4) is 0 Å². The van der Waals surface area contributed by atoms with Crippen molar-refractivity contribution < 1.29 is 4.74 Å². The highest BCUT2D eigenvalue weighted by Crippen LogP contribution is 2.39. The average molecular weight is 296 g/mol. The molecule has 21 heavy (non-hydrogen) atoms. The molecule has 1 heterocycles. The van der Waals surface area contributed by atoms with Gasteiger partial charge in [-0.25, -0.2) is 0 Å². The molecule has 0 spiro atoms. The van der Waals surface area contributed by atoms with Crippen molar-refractivity contribution in [1.29, 1.82) is 0 Å². The topological polar surface area (TPSA) is 38.5 Å². The Morgan fingerprint density at radius 3 is 2.24 bits per heavy atom. The molecule has 0 amide bonds. The monoisotopic (exact) mass is 296 g/mol. The Bertz CT molecular complexity index is 273. The van der Waals surface area contributed by atoms with Gasteiger partial charge in [-0.3, -0.25) is 0 Å². The van der Waals surface area contributed by atoms with Gasteiger partial charge in [0.1, 0.15) is 0 Å². The molecular formula is C18H36N2O. The summed E-state index contributed by atoms with van der Waals surface area (Å²) in [5, 5.41) is 0. The summed E-state index contributed by atoms with van der Waals surface area (Å²) in [5.41, 5.74) is 6.59. The van der Waals surface area contributed by atoms with Gasteiger partial charge in [-0.15, -0.1) is 0 Å². The van der Waals surface area contributed by atoms with Crippen molar-refractivity contribution in [2.75, 3.05) is 26.2 Å². The summed E-state index contributed by atoms with van der Waals surface area (Å²) in [6.07, 6.45) is 11.8. The van der Waals surface area contributed by atoms with Gasteiger partial charge in [0.15, 0.2) is 0 Å². The Kier molecular flexibility index (Phi) is 6.97. The molecule has 0 radical (unpaired) electrons. The molecule has 2 fully saturated rings. The molecule has 1 aliphatic heterocycles. The van der Waals surface area contributed by atoms with E-state index in [0.29, 0.717) is 17.6 Å². The second-order valence-electron chi connectivity index (χ2n) is 7.47. The molecule has 3 heteroatoms. The molecule has 0 aromatic carbocycles. The quantitative estimate of drug-likeness (QED) is 0.661. The smallest absolute Gasteiger partial charge is 0.0576 e. The number of nitrogens with zero attached hydrogens (tertiary/aromatic N) is 1. The second kappa shape index (κ2) is 8.50. The SMILES string of the molecule is CCCC1(CCC)CN(CCCOC2CCC(N)CC2)C1. The number of hydrogen-bond acceptors (Lipinski definition) is 3. The summed E-state index contributed by atoms with van der Waals surface area (Å²) in [6.45, 7) is 9.46. The molecule has 0 unspecified atom stereocenters. The van der Waals surface area contributed by atoms with Crippen LogP contribution in [-0.2, 0) is 4.74 Å². The lowest BCUT2D eigenvalue weighted by atomic mass is 9.72. The first kappa shape index (κ1) is 17.2. The summed E-state index contributed by atoms with van der Waals surface area (Å²) in [6, 6.07) is 0.427. The molecule has 0 bridgehead atoms. The van der Waals surface area contributed by atoms with Crippen molar-refractivity contribution in [3.63, 3.8) is 0 Å². The summed E-state index contributed by atoms with van der Waals surface area (Å²) < 4.78 is 6.02. The summed E-state index contributed by atoms with van der Waals surface area (Å²) in [7, 11) is 0. The van der Waals surface area contributed by atoms with Crippen LogP contribution in [0.4, 0.5) is 0 Å². The number of likely N-dealkylation sites (tertiary alicyclic amines) is 1. The first-order valence-corrected chi connectivity index (χ1v) is 9.27.